The van der Waals surface area contributed by atoms with Crippen LogP contribution in [0.4, 0.5) is 5.69 Å². The summed E-state index contributed by atoms with van der Waals surface area (Å²) in [6.07, 6.45) is 8.41. The second-order valence-corrected chi connectivity index (χ2v) is 7.83. The molecule has 1 aromatic carbocycles. The molecule has 2 heteroatoms. The zero-order chi connectivity index (χ0) is 14.1. The van der Waals surface area contributed by atoms with Crippen molar-refractivity contribution in [2.45, 2.75) is 62.9 Å². The maximum absolute atomic E-state index is 3.90. The van der Waals surface area contributed by atoms with Gasteiger partial charge in [0.2, 0.25) is 0 Å². The Morgan fingerprint density at radius 3 is 3.00 bits per heavy atom. The van der Waals surface area contributed by atoms with Crippen molar-refractivity contribution in [3.05, 3.63) is 29.8 Å². The van der Waals surface area contributed by atoms with E-state index >= 15 is 0 Å². The van der Waals surface area contributed by atoms with Gasteiger partial charge in [-0.3, -0.25) is 4.90 Å². The second kappa shape index (κ2) is 4.04. The first-order valence-corrected chi connectivity index (χ1v) is 8.90. The zero-order valence-electron chi connectivity index (χ0n) is 13.1. The predicted octanol–water partition coefficient (Wildman–Crippen LogP) is 3.78. The SMILES string of the molecule is CC[C@@]12CCCN3CC[C@]4(c5ccccc5N[C@@H]4CC1)C32. The average Bonchev–Trinajstić information content (AvgIpc) is 3.08. The monoisotopic (exact) mass is 282 g/mol. The fraction of sp³-hybridized carbons (Fsp3) is 0.684. The van der Waals surface area contributed by atoms with Crippen molar-refractivity contribution in [3.8, 4) is 0 Å². The van der Waals surface area contributed by atoms with Gasteiger partial charge in [-0.1, -0.05) is 25.1 Å². The van der Waals surface area contributed by atoms with Gasteiger partial charge < -0.3 is 5.32 Å². The molecule has 1 aromatic rings. The number of anilines is 1. The topological polar surface area (TPSA) is 15.3 Å². The summed E-state index contributed by atoms with van der Waals surface area (Å²) in [6.45, 7) is 5.10. The third-order valence-electron chi connectivity index (χ3n) is 7.38. The first-order chi connectivity index (χ1) is 10.3. The molecule has 4 atom stereocenters. The van der Waals surface area contributed by atoms with E-state index in [9.17, 15) is 0 Å². The number of piperidine rings is 1. The molecule has 2 nitrogen and oxygen atoms in total. The lowest BCUT2D eigenvalue weighted by Crippen LogP contribution is -2.63. The van der Waals surface area contributed by atoms with E-state index < -0.39 is 0 Å². The van der Waals surface area contributed by atoms with Gasteiger partial charge in [0, 0.05) is 23.2 Å². The fourth-order valence-electron chi connectivity index (χ4n) is 6.60. The Bertz CT molecular complexity index is 583. The zero-order valence-corrected chi connectivity index (χ0v) is 13.1. The molecular weight excluding hydrogens is 256 g/mol. The van der Waals surface area contributed by atoms with Crippen LogP contribution in [0.25, 0.3) is 0 Å². The van der Waals surface area contributed by atoms with E-state index in [4.69, 9.17) is 0 Å². The van der Waals surface area contributed by atoms with Crippen LogP contribution in [0.1, 0.15) is 51.0 Å². The van der Waals surface area contributed by atoms with Gasteiger partial charge in [-0.15, -0.1) is 0 Å². The molecule has 0 amide bonds. The van der Waals surface area contributed by atoms with Gasteiger partial charge in [-0.2, -0.15) is 0 Å². The normalized spacial score (nSPS) is 43.9. The van der Waals surface area contributed by atoms with Crippen molar-refractivity contribution in [1.29, 1.82) is 0 Å². The third kappa shape index (κ3) is 1.34. The highest BCUT2D eigenvalue weighted by Gasteiger charge is 2.65. The van der Waals surface area contributed by atoms with Crippen LogP contribution in [-0.2, 0) is 5.41 Å². The van der Waals surface area contributed by atoms with Crippen LogP contribution in [0.2, 0.25) is 0 Å². The number of para-hydroxylation sites is 1. The van der Waals surface area contributed by atoms with Crippen LogP contribution in [0.5, 0.6) is 0 Å². The van der Waals surface area contributed by atoms with Gasteiger partial charge in [-0.25, -0.2) is 0 Å². The molecule has 5 rings (SSSR count). The van der Waals surface area contributed by atoms with Gasteiger partial charge in [0.15, 0.2) is 0 Å². The molecule has 0 bridgehead atoms. The van der Waals surface area contributed by atoms with Gasteiger partial charge >= 0.3 is 0 Å². The molecule has 21 heavy (non-hydrogen) atoms. The molecule has 1 saturated carbocycles. The van der Waals surface area contributed by atoms with Gasteiger partial charge in [0.05, 0.1) is 0 Å². The average molecular weight is 282 g/mol. The van der Waals surface area contributed by atoms with E-state index in [1.54, 1.807) is 5.56 Å². The molecule has 0 radical (unpaired) electrons. The first-order valence-electron chi connectivity index (χ1n) is 8.90. The largest absolute Gasteiger partial charge is 0.381 e. The van der Waals surface area contributed by atoms with Crippen LogP contribution in [-0.4, -0.2) is 30.1 Å². The summed E-state index contributed by atoms with van der Waals surface area (Å²) in [6, 6.07) is 10.7. The summed E-state index contributed by atoms with van der Waals surface area (Å²) >= 11 is 0. The van der Waals surface area contributed by atoms with Gasteiger partial charge in [0.1, 0.15) is 0 Å². The number of nitrogens with zero attached hydrogens (tertiary/aromatic N) is 1. The summed E-state index contributed by atoms with van der Waals surface area (Å²) in [5.74, 6) is 0. The molecule has 1 unspecified atom stereocenters. The summed E-state index contributed by atoms with van der Waals surface area (Å²) in [4.78, 5) is 2.86. The molecule has 0 aromatic heterocycles. The number of fused-ring (bicyclic) bond motifs is 1. The fourth-order valence-corrected chi connectivity index (χ4v) is 6.60. The van der Waals surface area contributed by atoms with Gasteiger partial charge in [-0.05, 0) is 68.7 Å². The molecule has 1 aliphatic carbocycles. The Balaban J connectivity index is 1.72. The van der Waals surface area contributed by atoms with Crippen molar-refractivity contribution < 1.29 is 0 Å². The van der Waals surface area contributed by atoms with Crippen molar-refractivity contribution >= 4 is 5.69 Å². The van der Waals surface area contributed by atoms with Gasteiger partial charge in [0.25, 0.3) is 0 Å². The van der Waals surface area contributed by atoms with E-state index in [1.165, 1.54) is 57.3 Å². The Morgan fingerprint density at radius 2 is 2.10 bits per heavy atom. The lowest BCUT2D eigenvalue weighted by atomic mass is 9.52. The molecule has 2 saturated heterocycles. The standard InChI is InChI=1S/C19H26N2/c1-2-18-9-5-12-21-13-11-19(17(18)21)14-6-3-4-7-15(14)20-16(19)8-10-18/h3-4,6-7,16-17,20H,2,5,8-13H2,1H3/t16-,17?,18-,19-/m1/s1. The molecular formula is C19H26N2. The van der Waals surface area contributed by atoms with Crippen LogP contribution in [0, 0.1) is 5.41 Å². The summed E-state index contributed by atoms with van der Waals surface area (Å²) in [5, 5.41) is 3.90. The lowest BCUT2D eigenvalue weighted by molar-refractivity contribution is -0.0309. The smallest absolute Gasteiger partial charge is 0.0382 e. The number of benzene rings is 1. The van der Waals surface area contributed by atoms with E-state index in [-0.39, 0.29) is 0 Å². The van der Waals surface area contributed by atoms with E-state index in [0.29, 0.717) is 16.9 Å². The molecule has 3 fully saturated rings. The number of rotatable bonds is 1. The van der Waals surface area contributed by atoms with Crippen LogP contribution in [0.3, 0.4) is 0 Å². The lowest BCUT2D eigenvalue weighted by Gasteiger charge is -2.58. The van der Waals surface area contributed by atoms with E-state index in [1.807, 2.05) is 0 Å². The van der Waals surface area contributed by atoms with Crippen molar-refractivity contribution in [3.63, 3.8) is 0 Å². The Kier molecular flexibility index (Phi) is 2.41. The minimum Gasteiger partial charge on any atom is -0.381 e. The molecule has 3 aliphatic heterocycles. The van der Waals surface area contributed by atoms with Crippen LogP contribution >= 0.6 is 0 Å². The predicted molar refractivity (Wildman–Crippen MR) is 86.7 cm³/mol. The highest BCUT2D eigenvalue weighted by atomic mass is 15.2. The Hall–Kier alpha value is -1.02. The van der Waals surface area contributed by atoms with Crippen molar-refractivity contribution in [1.82, 2.24) is 4.90 Å². The third-order valence-corrected chi connectivity index (χ3v) is 7.38. The minimum absolute atomic E-state index is 0.408. The molecule has 4 aliphatic rings. The summed E-state index contributed by atoms with van der Waals surface area (Å²) in [5.41, 5.74) is 4.07. The number of nitrogens with one attached hydrogen (secondary N) is 1. The highest BCUT2D eigenvalue weighted by molar-refractivity contribution is 5.64. The molecule has 1 N–H and O–H groups in total. The maximum atomic E-state index is 3.90. The second-order valence-electron chi connectivity index (χ2n) is 7.83. The highest BCUT2D eigenvalue weighted by Crippen LogP contribution is 2.63. The maximum Gasteiger partial charge on any atom is 0.0382 e. The first kappa shape index (κ1) is 12.5. The van der Waals surface area contributed by atoms with Crippen LogP contribution in [0.15, 0.2) is 24.3 Å². The number of hydrogen-bond donors (Lipinski definition) is 1. The van der Waals surface area contributed by atoms with Crippen LogP contribution < -0.4 is 5.32 Å². The molecule has 1 spiro atoms. The molecule has 3 heterocycles. The summed E-state index contributed by atoms with van der Waals surface area (Å²) < 4.78 is 0. The summed E-state index contributed by atoms with van der Waals surface area (Å²) in [7, 11) is 0. The number of hydrogen-bond acceptors (Lipinski definition) is 2. The minimum atomic E-state index is 0.408. The van der Waals surface area contributed by atoms with E-state index in [0.717, 1.165) is 6.04 Å². The molecule has 112 valence electrons. The van der Waals surface area contributed by atoms with E-state index in [2.05, 4.69) is 41.4 Å². The van der Waals surface area contributed by atoms with Crippen molar-refractivity contribution in [2.75, 3.05) is 18.4 Å². The Morgan fingerprint density at radius 1 is 1.19 bits per heavy atom. The quantitative estimate of drug-likeness (QED) is 0.843. The Labute approximate surface area is 127 Å². The van der Waals surface area contributed by atoms with Crippen molar-refractivity contribution in [2.24, 2.45) is 5.41 Å².